The molecule has 0 saturated carbocycles. The number of ether oxygens (including phenoxy) is 4. The fraction of sp³-hybridized carbons (Fsp3) is 0.611. The molecule has 10 heteroatoms. The van der Waals surface area contributed by atoms with Gasteiger partial charge in [-0.2, -0.15) is 0 Å². The normalized spacial score (nSPS) is 28.6. The van der Waals surface area contributed by atoms with Crippen LogP contribution in [0.3, 0.4) is 0 Å². The Hall–Kier alpha value is -1.95. The number of phenols is 1. The number of aliphatic hydroxyl groups is 4. The molecule has 158 valence electrons. The summed E-state index contributed by atoms with van der Waals surface area (Å²) >= 11 is 0. The third kappa shape index (κ3) is 4.72. The molecule has 6 atom stereocenters. The summed E-state index contributed by atoms with van der Waals surface area (Å²) in [7, 11) is 2.75. The maximum atomic E-state index is 12.6. The van der Waals surface area contributed by atoms with Gasteiger partial charge in [-0.3, -0.25) is 4.79 Å². The molecule has 28 heavy (non-hydrogen) atoms. The van der Waals surface area contributed by atoms with E-state index in [-0.39, 0.29) is 23.5 Å². The summed E-state index contributed by atoms with van der Waals surface area (Å²) in [6.45, 7) is 0.946. The van der Waals surface area contributed by atoms with Crippen LogP contribution in [0.2, 0.25) is 0 Å². The minimum Gasteiger partial charge on any atom is -0.507 e. The Morgan fingerprint density at radius 2 is 1.82 bits per heavy atom. The smallest absolute Gasteiger partial charge is 0.186 e. The van der Waals surface area contributed by atoms with Gasteiger partial charge in [0.25, 0.3) is 0 Å². The van der Waals surface area contributed by atoms with Crippen LogP contribution >= 0.6 is 0 Å². The summed E-state index contributed by atoms with van der Waals surface area (Å²) in [4.78, 5) is 12.6. The molecule has 0 aromatic heterocycles. The third-order valence-corrected chi connectivity index (χ3v) is 4.48. The highest BCUT2D eigenvalue weighted by Gasteiger charge is 2.44. The van der Waals surface area contributed by atoms with Crippen LogP contribution in [0, 0.1) is 0 Å². The molecule has 0 amide bonds. The average Bonchev–Trinajstić information content (AvgIpc) is 2.67. The highest BCUT2D eigenvalue weighted by atomic mass is 16.7. The summed E-state index contributed by atoms with van der Waals surface area (Å²) in [5.41, 5.74) is -0.0486. The highest BCUT2D eigenvalue weighted by molar-refractivity contribution is 6.01. The van der Waals surface area contributed by atoms with Crippen molar-refractivity contribution in [1.82, 2.24) is 0 Å². The van der Waals surface area contributed by atoms with Crippen LogP contribution in [0.1, 0.15) is 23.7 Å². The van der Waals surface area contributed by atoms with Gasteiger partial charge in [0.05, 0.1) is 26.9 Å². The molecule has 1 aromatic carbocycles. The predicted molar refractivity (Wildman–Crippen MR) is 94.5 cm³/mol. The number of hydrogen-bond acceptors (Lipinski definition) is 10. The van der Waals surface area contributed by atoms with Crippen molar-refractivity contribution in [3.63, 3.8) is 0 Å². The van der Waals surface area contributed by atoms with E-state index >= 15 is 0 Å². The first-order valence-corrected chi connectivity index (χ1v) is 8.67. The SMILES string of the molecule is COc1cc(O)c(C(=O)CC(C)OC2OC(CO)C(O)C(O)C2O)c(OC)c1. The van der Waals surface area contributed by atoms with E-state index in [1.165, 1.54) is 33.3 Å². The number of methoxy groups -OCH3 is 2. The Labute approximate surface area is 161 Å². The lowest BCUT2D eigenvalue weighted by molar-refractivity contribution is -0.309. The van der Waals surface area contributed by atoms with Crippen LogP contribution in [-0.4, -0.2) is 89.0 Å². The fourth-order valence-corrected chi connectivity index (χ4v) is 2.96. The molecule has 2 rings (SSSR count). The molecule has 0 bridgehead atoms. The van der Waals surface area contributed by atoms with Gasteiger partial charge in [-0.25, -0.2) is 0 Å². The lowest BCUT2D eigenvalue weighted by Crippen LogP contribution is -2.59. The first-order chi connectivity index (χ1) is 13.2. The Bertz CT molecular complexity index is 677. The maximum Gasteiger partial charge on any atom is 0.186 e. The summed E-state index contributed by atoms with van der Waals surface area (Å²) < 4.78 is 20.9. The number of aromatic hydroxyl groups is 1. The molecule has 1 aliphatic heterocycles. The van der Waals surface area contributed by atoms with E-state index in [2.05, 4.69) is 0 Å². The van der Waals surface area contributed by atoms with Crippen molar-refractivity contribution in [3.05, 3.63) is 17.7 Å². The van der Waals surface area contributed by atoms with Crippen molar-refractivity contribution in [2.24, 2.45) is 0 Å². The first-order valence-electron chi connectivity index (χ1n) is 8.67. The molecule has 1 aliphatic rings. The quantitative estimate of drug-likeness (QED) is 0.349. The van der Waals surface area contributed by atoms with Crippen LogP contribution in [-0.2, 0) is 9.47 Å². The van der Waals surface area contributed by atoms with Crippen molar-refractivity contribution in [2.75, 3.05) is 20.8 Å². The zero-order valence-corrected chi connectivity index (χ0v) is 15.8. The molecule has 1 heterocycles. The molecule has 10 nitrogen and oxygen atoms in total. The summed E-state index contributed by atoms with van der Waals surface area (Å²) in [6, 6.07) is 2.73. The van der Waals surface area contributed by atoms with E-state index in [4.69, 9.17) is 18.9 Å². The van der Waals surface area contributed by atoms with Crippen LogP contribution in [0.5, 0.6) is 17.2 Å². The third-order valence-electron chi connectivity index (χ3n) is 4.48. The van der Waals surface area contributed by atoms with Gasteiger partial charge in [-0.1, -0.05) is 0 Å². The van der Waals surface area contributed by atoms with Crippen LogP contribution < -0.4 is 9.47 Å². The average molecular weight is 402 g/mol. The molecule has 5 N–H and O–H groups in total. The molecular formula is C18H26O10. The van der Waals surface area contributed by atoms with E-state index in [1.807, 2.05) is 0 Å². The van der Waals surface area contributed by atoms with E-state index in [1.54, 1.807) is 0 Å². The summed E-state index contributed by atoms with van der Waals surface area (Å²) in [5, 5.41) is 48.9. The van der Waals surface area contributed by atoms with Gasteiger partial charge >= 0.3 is 0 Å². The minimum atomic E-state index is -1.58. The van der Waals surface area contributed by atoms with Crippen molar-refractivity contribution >= 4 is 5.78 Å². The second-order valence-corrected chi connectivity index (χ2v) is 6.50. The summed E-state index contributed by atoms with van der Waals surface area (Å²) in [5.74, 6) is -0.367. The molecule has 0 spiro atoms. The van der Waals surface area contributed by atoms with Crippen molar-refractivity contribution < 1.29 is 49.3 Å². The second kappa shape index (κ2) is 9.50. The van der Waals surface area contributed by atoms with Crippen LogP contribution in [0.15, 0.2) is 12.1 Å². The van der Waals surface area contributed by atoms with Gasteiger partial charge in [0.1, 0.15) is 47.2 Å². The van der Waals surface area contributed by atoms with E-state index in [0.29, 0.717) is 5.75 Å². The largest absolute Gasteiger partial charge is 0.507 e. The number of hydrogen-bond donors (Lipinski definition) is 5. The Kier molecular flexibility index (Phi) is 7.58. The molecule has 0 aliphatic carbocycles. The fourth-order valence-electron chi connectivity index (χ4n) is 2.96. The topological polar surface area (TPSA) is 155 Å². The zero-order chi connectivity index (χ0) is 21.0. The number of Topliss-reactive ketones (excluding diaryl/α,β-unsaturated/α-hetero) is 1. The van der Waals surface area contributed by atoms with Crippen LogP contribution in [0.4, 0.5) is 0 Å². The zero-order valence-electron chi connectivity index (χ0n) is 15.8. The van der Waals surface area contributed by atoms with Crippen molar-refractivity contribution in [2.45, 2.75) is 50.2 Å². The number of rotatable bonds is 8. The maximum absolute atomic E-state index is 12.6. The number of benzene rings is 1. The number of carbonyl (C=O) groups excluding carboxylic acids is 1. The lowest BCUT2D eigenvalue weighted by atomic mass is 9.99. The van der Waals surface area contributed by atoms with Gasteiger partial charge in [0.2, 0.25) is 0 Å². The van der Waals surface area contributed by atoms with E-state index in [9.17, 15) is 30.3 Å². The van der Waals surface area contributed by atoms with Gasteiger partial charge in [0, 0.05) is 18.6 Å². The van der Waals surface area contributed by atoms with Gasteiger partial charge in [0.15, 0.2) is 12.1 Å². The van der Waals surface area contributed by atoms with Gasteiger partial charge in [-0.05, 0) is 6.92 Å². The van der Waals surface area contributed by atoms with Crippen molar-refractivity contribution in [1.29, 1.82) is 0 Å². The number of carbonyl (C=O) groups is 1. The monoisotopic (exact) mass is 402 g/mol. The second-order valence-electron chi connectivity index (χ2n) is 6.50. The molecule has 1 saturated heterocycles. The number of phenolic OH excluding ortho intramolecular Hbond substituents is 1. The number of ketones is 1. The Morgan fingerprint density at radius 3 is 2.39 bits per heavy atom. The summed E-state index contributed by atoms with van der Waals surface area (Å²) in [6.07, 6.45) is -8.12. The van der Waals surface area contributed by atoms with Gasteiger partial charge < -0.3 is 44.5 Å². The highest BCUT2D eigenvalue weighted by Crippen LogP contribution is 2.34. The molecule has 6 unspecified atom stereocenters. The van der Waals surface area contributed by atoms with E-state index in [0.717, 1.165) is 0 Å². The van der Waals surface area contributed by atoms with Crippen LogP contribution in [0.25, 0.3) is 0 Å². The van der Waals surface area contributed by atoms with E-state index < -0.39 is 49.2 Å². The molecule has 0 radical (unpaired) electrons. The van der Waals surface area contributed by atoms with Gasteiger partial charge in [-0.15, -0.1) is 0 Å². The number of aliphatic hydroxyl groups excluding tert-OH is 4. The Balaban J connectivity index is 2.09. The molecule has 1 fully saturated rings. The molecular weight excluding hydrogens is 376 g/mol. The minimum absolute atomic E-state index is 0.0486. The van der Waals surface area contributed by atoms with Crippen molar-refractivity contribution in [3.8, 4) is 17.2 Å². The first kappa shape index (κ1) is 22.3. The standard InChI is InChI=1S/C18H26O10/c1-8(27-18-17(24)16(23)15(22)13(7-19)28-18)4-10(20)14-11(21)5-9(25-2)6-12(14)26-3/h5-6,8,13,15-19,21-24H,4,7H2,1-3H3. The Morgan fingerprint density at radius 1 is 1.14 bits per heavy atom. The predicted octanol–water partition coefficient (Wildman–Crippen LogP) is -0.813. The lowest BCUT2D eigenvalue weighted by Gasteiger charge is -2.40. The molecule has 1 aromatic rings.